The lowest BCUT2D eigenvalue weighted by Gasteiger charge is -2.18. The van der Waals surface area contributed by atoms with E-state index in [0.29, 0.717) is 16.3 Å². The summed E-state index contributed by atoms with van der Waals surface area (Å²) in [5, 5.41) is 5.97. The number of aryl methyl sites for hydroxylation is 1. The number of anilines is 1. The van der Waals surface area contributed by atoms with Crippen LogP contribution in [0, 0.1) is 6.92 Å². The van der Waals surface area contributed by atoms with Crippen LogP contribution in [0.25, 0.3) is 0 Å². The van der Waals surface area contributed by atoms with Gasteiger partial charge in [-0.05, 0) is 30.2 Å². The first-order valence-electron chi connectivity index (χ1n) is 10.5. The molecule has 3 aromatic rings. The van der Waals surface area contributed by atoms with Gasteiger partial charge in [-0.2, -0.15) is 0 Å². The molecule has 0 aromatic heterocycles. The number of rotatable bonds is 9. The minimum atomic E-state index is -1.14. The first-order valence-corrected chi connectivity index (χ1v) is 10.9. The Labute approximate surface area is 197 Å². The Morgan fingerprint density at radius 3 is 2.27 bits per heavy atom. The summed E-state index contributed by atoms with van der Waals surface area (Å²) in [5.41, 5.74) is 2.81. The number of esters is 1. The van der Waals surface area contributed by atoms with Crippen molar-refractivity contribution in [3.05, 3.63) is 101 Å². The minimum Gasteiger partial charge on any atom is -0.447 e. The summed E-state index contributed by atoms with van der Waals surface area (Å²) >= 11 is 6.14. The lowest BCUT2D eigenvalue weighted by molar-refractivity contribution is -0.154. The summed E-state index contributed by atoms with van der Waals surface area (Å²) in [5.74, 6) is -1.29. The molecule has 1 atom stereocenters. The number of ether oxygens (including phenoxy) is 1. The molecule has 1 unspecified atom stereocenters. The van der Waals surface area contributed by atoms with Crippen LogP contribution in [0.2, 0.25) is 5.02 Å². The van der Waals surface area contributed by atoms with Gasteiger partial charge >= 0.3 is 5.97 Å². The van der Waals surface area contributed by atoms with Crippen LogP contribution in [-0.2, 0) is 25.5 Å². The molecule has 0 aliphatic carbocycles. The summed E-state index contributed by atoms with van der Waals surface area (Å²) in [4.78, 5) is 37.4. The third-order valence-corrected chi connectivity index (χ3v) is 5.30. The summed E-state index contributed by atoms with van der Waals surface area (Å²) in [6.07, 6.45) is -0.976. The molecule has 0 radical (unpaired) electrons. The van der Waals surface area contributed by atoms with Gasteiger partial charge in [-0.25, -0.2) is 0 Å². The van der Waals surface area contributed by atoms with Gasteiger partial charge in [0.1, 0.15) is 0 Å². The van der Waals surface area contributed by atoms with E-state index in [2.05, 4.69) is 10.6 Å². The first kappa shape index (κ1) is 24.0. The van der Waals surface area contributed by atoms with Gasteiger partial charge in [0.15, 0.2) is 0 Å². The van der Waals surface area contributed by atoms with Crippen LogP contribution >= 0.6 is 11.6 Å². The standard InChI is InChI=1S/C26H25ClN2O4/c1-18-12-13-21(17-22(18)27)29-26(32)25(20-10-6-3-7-11-20)33-24(31)14-15-28-23(30)16-19-8-4-2-5-9-19/h2-13,17,25H,14-16H2,1H3,(H,28,30)(H,29,32). The van der Waals surface area contributed by atoms with Crippen LogP contribution in [0.1, 0.15) is 29.2 Å². The third-order valence-electron chi connectivity index (χ3n) is 4.89. The summed E-state index contributed by atoms with van der Waals surface area (Å²) in [6.45, 7) is 1.97. The second-order valence-corrected chi connectivity index (χ2v) is 7.90. The number of halogens is 1. The Balaban J connectivity index is 1.58. The van der Waals surface area contributed by atoms with Gasteiger partial charge in [0.2, 0.25) is 12.0 Å². The van der Waals surface area contributed by atoms with E-state index in [1.54, 1.807) is 42.5 Å². The van der Waals surface area contributed by atoms with Crippen molar-refractivity contribution in [2.24, 2.45) is 0 Å². The van der Waals surface area contributed by atoms with Gasteiger partial charge in [0.25, 0.3) is 5.91 Å². The molecule has 0 fully saturated rings. The van der Waals surface area contributed by atoms with Gasteiger partial charge in [-0.15, -0.1) is 0 Å². The van der Waals surface area contributed by atoms with Crippen molar-refractivity contribution in [3.63, 3.8) is 0 Å². The molecule has 0 aliphatic heterocycles. The number of hydrogen-bond acceptors (Lipinski definition) is 4. The molecule has 170 valence electrons. The molecule has 6 nitrogen and oxygen atoms in total. The fourth-order valence-electron chi connectivity index (χ4n) is 3.12. The topological polar surface area (TPSA) is 84.5 Å². The monoisotopic (exact) mass is 464 g/mol. The van der Waals surface area contributed by atoms with E-state index < -0.39 is 18.0 Å². The highest BCUT2D eigenvalue weighted by Gasteiger charge is 2.25. The summed E-state index contributed by atoms with van der Waals surface area (Å²) < 4.78 is 5.49. The van der Waals surface area contributed by atoms with Crippen molar-refractivity contribution in [3.8, 4) is 0 Å². The number of hydrogen-bond donors (Lipinski definition) is 2. The highest BCUT2D eigenvalue weighted by atomic mass is 35.5. The second-order valence-electron chi connectivity index (χ2n) is 7.50. The quantitative estimate of drug-likeness (QED) is 0.452. The fourth-order valence-corrected chi connectivity index (χ4v) is 3.30. The molecule has 3 aromatic carbocycles. The lowest BCUT2D eigenvalue weighted by atomic mass is 10.1. The van der Waals surface area contributed by atoms with Crippen LogP contribution in [0.4, 0.5) is 5.69 Å². The van der Waals surface area contributed by atoms with E-state index in [-0.39, 0.29) is 25.3 Å². The lowest BCUT2D eigenvalue weighted by Crippen LogP contribution is -2.30. The molecular formula is C26H25ClN2O4. The van der Waals surface area contributed by atoms with Crippen LogP contribution in [0.5, 0.6) is 0 Å². The van der Waals surface area contributed by atoms with E-state index in [4.69, 9.17) is 16.3 Å². The van der Waals surface area contributed by atoms with Gasteiger partial charge in [-0.1, -0.05) is 78.3 Å². The molecule has 0 aliphatic rings. The zero-order valence-electron chi connectivity index (χ0n) is 18.2. The van der Waals surface area contributed by atoms with E-state index in [1.807, 2.05) is 43.3 Å². The third kappa shape index (κ3) is 7.47. The van der Waals surface area contributed by atoms with Crippen molar-refractivity contribution in [1.82, 2.24) is 5.32 Å². The van der Waals surface area contributed by atoms with E-state index in [9.17, 15) is 14.4 Å². The number of benzene rings is 3. The fraction of sp³-hybridized carbons (Fsp3) is 0.192. The van der Waals surface area contributed by atoms with Crippen molar-refractivity contribution in [1.29, 1.82) is 0 Å². The van der Waals surface area contributed by atoms with Crippen molar-refractivity contribution in [2.45, 2.75) is 25.9 Å². The largest absolute Gasteiger partial charge is 0.447 e. The Bertz CT molecular complexity index is 1100. The molecule has 0 saturated heterocycles. The van der Waals surface area contributed by atoms with Gasteiger partial charge in [-0.3, -0.25) is 14.4 Å². The maximum atomic E-state index is 12.9. The van der Waals surface area contributed by atoms with Gasteiger partial charge in [0.05, 0.1) is 12.8 Å². The summed E-state index contributed by atoms with van der Waals surface area (Å²) in [6, 6.07) is 23.2. The molecule has 0 bridgehead atoms. The predicted octanol–water partition coefficient (Wildman–Crippen LogP) is 4.62. The number of carbonyl (C=O) groups excluding carboxylic acids is 3. The van der Waals surface area contributed by atoms with Crippen LogP contribution < -0.4 is 10.6 Å². The Morgan fingerprint density at radius 1 is 0.939 bits per heavy atom. The second kappa shape index (κ2) is 11.8. The highest BCUT2D eigenvalue weighted by Crippen LogP contribution is 2.23. The number of amides is 2. The predicted molar refractivity (Wildman–Crippen MR) is 128 cm³/mol. The van der Waals surface area contributed by atoms with Crippen LogP contribution in [0.3, 0.4) is 0 Å². The summed E-state index contributed by atoms with van der Waals surface area (Å²) in [7, 11) is 0. The molecule has 0 heterocycles. The number of nitrogens with one attached hydrogen (secondary N) is 2. The van der Waals surface area contributed by atoms with Crippen LogP contribution in [0.15, 0.2) is 78.9 Å². The van der Waals surface area contributed by atoms with E-state index in [1.165, 1.54) is 0 Å². The molecular weight excluding hydrogens is 440 g/mol. The number of carbonyl (C=O) groups is 3. The average molecular weight is 465 g/mol. The van der Waals surface area contributed by atoms with Gasteiger partial charge in [0, 0.05) is 22.8 Å². The maximum absolute atomic E-state index is 12.9. The zero-order chi connectivity index (χ0) is 23.6. The van der Waals surface area contributed by atoms with Crippen molar-refractivity contribution >= 4 is 35.1 Å². The minimum absolute atomic E-state index is 0.0620. The molecule has 0 saturated carbocycles. The maximum Gasteiger partial charge on any atom is 0.308 e. The van der Waals surface area contributed by atoms with Crippen LogP contribution in [-0.4, -0.2) is 24.3 Å². The molecule has 0 spiro atoms. The zero-order valence-corrected chi connectivity index (χ0v) is 19.0. The molecule has 2 N–H and O–H groups in total. The molecule has 33 heavy (non-hydrogen) atoms. The molecule has 7 heteroatoms. The molecule has 3 rings (SSSR count). The normalized spacial score (nSPS) is 11.3. The van der Waals surface area contributed by atoms with Crippen molar-refractivity contribution < 1.29 is 19.1 Å². The van der Waals surface area contributed by atoms with Crippen molar-refractivity contribution in [2.75, 3.05) is 11.9 Å². The first-order chi connectivity index (χ1) is 15.9. The highest BCUT2D eigenvalue weighted by molar-refractivity contribution is 6.31. The Morgan fingerprint density at radius 2 is 1.61 bits per heavy atom. The Kier molecular flexibility index (Phi) is 8.61. The van der Waals surface area contributed by atoms with Gasteiger partial charge < -0.3 is 15.4 Å². The van der Waals surface area contributed by atoms with E-state index >= 15 is 0 Å². The SMILES string of the molecule is Cc1ccc(NC(=O)C(OC(=O)CCNC(=O)Cc2ccccc2)c2ccccc2)cc1Cl. The average Bonchev–Trinajstić information content (AvgIpc) is 2.81. The Hall–Kier alpha value is -3.64. The smallest absolute Gasteiger partial charge is 0.308 e. The van der Waals surface area contributed by atoms with E-state index in [0.717, 1.165) is 11.1 Å². The molecule has 2 amide bonds.